The fourth-order valence-electron chi connectivity index (χ4n) is 7.10. The van der Waals surface area contributed by atoms with E-state index in [1.165, 1.54) is 38.1 Å². The van der Waals surface area contributed by atoms with Crippen LogP contribution in [0, 0.1) is 0 Å². The molecular weight excluding hydrogens is 528 g/mol. The lowest BCUT2D eigenvalue weighted by atomic mass is 10.1. The van der Waals surface area contributed by atoms with E-state index in [0.717, 1.165) is 45.2 Å². The summed E-state index contributed by atoms with van der Waals surface area (Å²) in [4.78, 5) is 4.85. The van der Waals surface area contributed by atoms with Crippen molar-refractivity contribution in [2.24, 2.45) is 0 Å². The number of para-hydroxylation sites is 5. The lowest BCUT2D eigenvalue weighted by Crippen LogP contribution is -2.13. The average Bonchev–Trinajstić information content (AvgIpc) is 3.72. The molecule has 0 atom stereocenters. The van der Waals surface area contributed by atoms with E-state index in [9.17, 15) is 0 Å². The molecule has 0 aliphatic carbocycles. The molecule has 0 saturated carbocycles. The van der Waals surface area contributed by atoms with Crippen molar-refractivity contribution in [1.82, 2.24) is 18.7 Å². The Morgan fingerprint density at radius 1 is 0.465 bits per heavy atom. The summed E-state index contributed by atoms with van der Waals surface area (Å²) in [6.07, 6.45) is 0. The topological polar surface area (TPSA) is 36.9 Å². The summed E-state index contributed by atoms with van der Waals surface area (Å²) in [6, 6.07) is 47.7. The van der Waals surface area contributed by atoms with Gasteiger partial charge in [0.2, 0.25) is 0 Å². The van der Waals surface area contributed by atoms with Gasteiger partial charge >= 0.3 is 0 Å². The van der Waals surface area contributed by atoms with Crippen LogP contribution >= 0.6 is 0 Å². The number of aromatic nitrogens is 4. The van der Waals surface area contributed by atoms with E-state index in [4.69, 9.17) is 9.72 Å². The summed E-state index contributed by atoms with van der Waals surface area (Å²) >= 11 is 0. The van der Waals surface area contributed by atoms with Gasteiger partial charge in [-0.05, 0) is 66.7 Å². The van der Waals surface area contributed by atoms with E-state index in [1.54, 1.807) is 0 Å². The molecular formula is C38H24N4O. The summed E-state index contributed by atoms with van der Waals surface area (Å²) in [7, 11) is 0. The Labute approximate surface area is 246 Å². The summed E-state index contributed by atoms with van der Waals surface area (Å²) < 4.78 is 13.2. The monoisotopic (exact) mass is 552 g/mol. The lowest BCUT2D eigenvalue weighted by molar-refractivity contribution is 0.280. The highest BCUT2D eigenvalue weighted by Crippen LogP contribution is 2.39. The highest BCUT2D eigenvalue weighted by molar-refractivity contribution is 6.12. The van der Waals surface area contributed by atoms with Crippen LogP contribution in [0.4, 0.5) is 0 Å². The van der Waals surface area contributed by atoms with Crippen LogP contribution in [0.1, 0.15) is 5.82 Å². The SMILES string of the molecule is c1ccc2c(c1)nc1n2-c2cc(-n3c4ccccc4c4cc(-n5c6ccccc6c6ccccc65)ccc43)ccc2OC1. The maximum Gasteiger partial charge on any atom is 0.152 e. The van der Waals surface area contributed by atoms with E-state index < -0.39 is 0 Å². The van der Waals surface area contributed by atoms with E-state index in [2.05, 4.69) is 141 Å². The minimum Gasteiger partial charge on any atom is -0.483 e. The Hall–Kier alpha value is -5.81. The second-order valence-electron chi connectivity index (χ2n) is 11.2. The first kappa shape index (κ1) is 22.8. The van der Waals surface area contributed by atoms with Gasteiger partial charge in [-0.25, -0.2) is 4.98 Å². The zero-order valence-electron chi connectivity index (χ0n) is 23.1. The largest absolute Gasteiger partial charge is 0.483 e. The van der Waals surface area contributed by atoms with E-state index in [1.807, 2.05) is 6.07 Å². The average molecular weight is 553 g/mol. The Bertz CT molecular complexity index is 2530. The molecule has 1 aliphatic rings. The Morgan fingerprint density at radius 3 is 1.70 bits per heavy atom. The van der Waals surface area contributed by atoms with Crippen molar-refractivity contribution in [3.05, 3.63) is 139 Å². The van der Waals surface area contributed by atoms with Gasteiger partial charge in [0.25, 0.3) is 0 Å². The summed E-state index contributed by atoms with van der Waals surface area (Å²) in [6.45, 7) is 0.460. The Balaban J connectivity index is 1.23. The van der Waals surface area contributed by atoms with Crippen molar-refractivity contribution in [2.75, 3.05) is 0 Å². The molecule has 5 heteroatoms. The minimum atomic E-state index is 0.460. The highest BCUT2D eigenvalue weighted by Gasteiger charge is 2.23. The molecule has 0 amide bonds. The van der Waals surface area contributed by atoms with Gasteiger partial charge in [0.15, 0.2) is 5.82 Å². The van der Waals surface area contributed by atoms with Crippen LogP contribution in [0.25, 0.3) is 71.7 Å². The van der Waals surface area contributed by atoms with Crippen LogP contribution in [-0.4, -0.2) is 18.7 Å². The van der Waals surface area contributed by atoms with E-state index >= 15 is 0 Å². The van der Waals surface area contributed by atoms with Gasteiger partial charge < -0.3 is 13.9 Å². The Morgan fingerprint density at radius 2 is 1.00 bits per heavy atom. The third-order valence-electron chi connectivity index (χ3n) is 8.92. The number of hydrogen-bond acceptors (Lipinski definition) is 2. The molecule has 5 nitrogen and oxygen atoms in total. The third-order valence-corrected chi connectivity index (χ3v) is 8.92. The van der Waals surface area contributed by atoms with Crippen molar-refractivity contribution < 1.29 is 4.74 Å². The van der Waals surface area contributed by atoms with Gasteiger partial charge in [0.1, 0.15) is 12.4 Å². The summed E-state index contributed by atoms with van der Waals surface area (Å²) in [5.41, 5.74) is 10.1. The first-order chi connectivity index (χ1) is 21.3. The Kier molecular flexibility index (Phi) is 4.44. The number of rotatable bonds is 2. The van der Waals surface area contributed by atoms with Crippen LogP contribution in [0.5, 0.6) is 5.75 Å². The highest BCUT2D eigenvalue weighted by atomic mass is 16.5. The van der Waals surface area contributed by atoms with Gasteiger partial charge in [-0.3, -0.25) is 4.57 Å². The molecule has 202 valence electrons. The maximum atomic E-state index is 6.16. The molecule has 0 fully saturated rings. The van der Waals surface area contributed by atoms with Crippen LogP contribution < -0.4 is 4.74 Å². The third kappa shape index (κ3) is 3.08. The van der Waals surface area contributed by atoms with E-state index in [0.29, 0.717) is 6.61 Å². The zero-order chi connectivity index (χ0) is 28.1. The normalized spacial score (nSPS) is 12.7. The number of hydrogen-bond donors (Lipinski definition) is 0. The number of nitrogens with zero attached hydrogens (tertiary/aromatic N) is 4. The van der Waals surface area contributed by atoms with Crippen LogP contribution in [0.3, 0.4) is 0 Å². The standard InChI is InChI=1S/C38H24N4O/c1-5-13-31-26(9-1)27-10-2-6-14-32(27)40(31)24-17-19-34-29(21-24)28-11-3-7-15-33(28)41(34)25-18-20-37-36(22-25)42-35-16-8-4-12-30(35)39-38(42)23-43-37/h1-22H,23H2. The molecule has 4 heterocycles. The van der Waals surface area contributed by atoms with Crippen molar-refractivity contribution in [1.29, 1.82) is 0 Å². The summed E-state index contributed by atoms with van der Waals surface area (Å²) in [5, 5.41) is 4.98. The molecule has 9 aromatic rings. The number of imidazole rings is 1. The zero-order valence-corrected chi connectivity index (χ0v) is 23.1. The second kappa shape index (κ2) is 8.37. The van der Waals surface area contributed by atoms with Gasteiger partial charge in [-0.15, -0.1) is 0 Å². The smallest absolute Gasteiger partial charge is 0.152 e. The van der Waals surface area contributed by atoms with Crippen molar-refractivity contribution >= 4 is 54.6 Å². The van der Waals surface area contributed by atoms with Crippen molar-refractivity contribution in [2.45, 2.75) is 6.61 Å². The molecule has 0 radical (unpaired) electrons. The number of benzene rings is 6. The van der Waals surface area contributed by atoms with Crippen LogP contribution in [-0.2, 0) is 6.61 Å². The molecule has 0 bridgehead atoms. The predicted molar refractivity (Wildman–Crippen MR) is 174 cm³/mol. The first-order valence-corrected chi connectivity index (χ1v) is 14.6. The van der Waals surface area contributed by atoms with Crippen molar-refractivity contribution in [3.63, 3.8) is 0 Å². The van der Waals surface area contributed by atoms with Crippen LogP contribution in [0.2, 0.25) is 0 Å². The first-order valence-electron chi connectivity index (χ1n) is 14.6. The van der Waals surface area contributed by atoms with E-state index in [-0.39, 0.29) is 0 Å². The molecule has 3 aromatic heterocycles. The van der Waals surface area contributed by atoms with Crippen LogP contribution in [0.15, 0.2) is 133 Å². The molecule has 0 unspecified atom stereocenters. The second-order valence-corrected chi connectivity index (χ2v) is 11.2. The van der Waals surface area contributed by atoms with Gasteiger partial charge in [-0.2, -0.15) is 0 Å². The number of ether oxygens (including phenoxy) is 1. The fraction of sp³-hybridized carbons (Fsp3) is 0.0263. The minimum absolute atomic E-state index is 0.460. The molecule has 6 aromatic carbocycles. The molecule has 0 N–H and O–H groups in total. The lowest BCUT2D eigenvalue weighted by Gasteiger charge is -2.21. The fourth-order valence-corrected chi connectivity index (χ4v) is 7.10. The molecule has 10 rings (SSSR count). The molecule has 0 spiro atoms. The molecule has 1 aliphatic heterocycles. The number of fused-ring (bicyclic) bond motifs is 11. The molecule has 0 saturated heterocycles. The summed E-state index contributed by atoms with van der Waals surface area (Å²) in [5.74, 6) is 1.79. The maximum absolute atomic E-state index is 6.16. The van der Waals surface area contributed by atoms with Crippen molar-refractivity contribution in [3.8, 4) is 22.8 Å². The van der Waals surface area contributed by atoms with Gasteiger partial charge in [0, 0.05) is 32.9 Å². The van der Waals surface area contributed by atoms with Gasteiger partial charge in [-0.1, -0.05) is 66.7 Å². The predicted octanol–water partition coefficient (Wildman–Crippen LogP) is 9.11. The quantitative estimate of drug-likeness (QED) is 0.214. The van der Waals surface area contributed by atoms with Gasteiger partial charge in [0.05, 0.1) is 38.8 Å². The molecule has 43 heavy (non-hydrogen) atoms.